The molecule has 29 heavy (non-hydrogen) atoms. The van der Waals surface area contributed by atoms with Crippen molar-refractivity contribution in [3.8, 4) is 5.75 Å². The number of halogens is 1. The highest BCUT2D eigenvalue weighted by atomic mass is 35.5. The average Bonchev–Trinajstić information content (AvgIpc) is 2.67. The van der Waals surface area contributed by atoms with Crippen molar-refractivity contribution in [3.63, 3.8) is 0 Å². The number of carbonyl (C=O) groups excluding carboxylic acids is 2. The van der Waals surface area contributed by atoms with Crippen molar-refractivity contribution in [1.82, 2.24) is 10.2 Å². The summed E-state index contributed by atoms with van der Waals surface area (Å²) in [6, 6.07) is 6.02. The zero-order valence-electron chi connectivity index (χ0n) is 18.3. The summed E-state index contributed by atoms with van der Waals surface area (Å²) in [5, 5.41) is 2.92. The maximum absolute atomic E-state index is 12.4. The fraction of sp³-hybridized carbons (Fsp3) is 0.652. The molecule has 0 aliphatic carbocycles. The van der Waals surface area contributed by atoms with Crippen LogP contribution >= 0.6 is 12.4 Å². The van der Waals surface area contributed by atoms with Crippen LogP contribution in [0.2, 0.25) is 0 Å². The fourth-order valence-electron chi connectivity index (χ4n) is 3.61. The van der Waals surface area contributed by atoms with Gasteiger partial charge in [-0.3, -0.25) is 9.59 Å². The number of nitrogens with zero attached hydrogens (tertiary/aromatic N) is 1. The lowest BCUT2D eigenvalue weighted by Crippen LogP contribution is -2.37. The van der Waals surface area contributed by atoms with E-state index in [-0.39, 0.29) is 49.0 Å². The van der Waals surface area contributed by atoms with Crippen molar-refractivity contribution in [3.05, 3.63) is 29.3 Å². The highest BCUT2D eigenvalue weighted by molar-refractivity contribution is 5.85. The second-order valence-electron chi connectivity index (χ2n) is 8.30. The first-order chi connectivity index (χ1) is 13.4. The van der Waals surface area contributed by atoms with Crippen molar-refractivity contribution >= 4 is 24.3 Å². The minimum atomic E-state index is -0.346. The van der Waals surface area contributed by atoms with Crippen LogP contribution in [-0.4, -0.2) is 43.0 Å². The molecule has 0 bridgehead atoms. The Labute approximate surface area is 182 Å². The molecule has 2 rings (SSSR count). The average molecular weight is 425 g/mol. The quantitative estimate of drug-likeness (QED) is 0.463. The Bertz CT molecular complexity index is 629. The van der Waals surface area contributed by atoms with E-state index in [1.54, 1.807) is 0 Å². The molecule has 1 aromatic carbocycles. The van der Waals surface area contributed by atoms with E-state index in [4.69, 9.17) is 4.74 Å². The first-order valence-electron chi connectivity index (χ1n) is 10.7. The first kappa shape index (κ1) is 25.4. The zero-order valence-corrected chi connectivity index (χ0v) is 19.1. The molecular weight excluding hydrogens is 388 g/mol. The Balaban J connectivity index is 0.00000420. The summed E-state index contributed by atoms with van der Waals surface area (Å²) in [7, 11) is 0. The zero-order chi connectivity index (χ0) is 20.5. The molecule has 1 amide bonds. The number of piperidine rings is 1. The maximum atomic E-state index is 12.4. The van der Waals surface area contributed by atoms with E-state index in [9.17, 15) is 9.59 Å². The van der Waals surface area contributed by atoms with Crippen molar-refractivity contribution in [2.24, 2.45) is 0 Å². The van der Waals surface area contributed by atoms with Gasteiger partial charge in [0.25, 0.3) is 0 Å². The van der Waals surface area contributed by atoms with Gasteiger partial charge in [0.2, 0.25) is 5.91 Å². The van der Waals surface area contributed by atoms with E-state index in [1.165, 1.54) is 19.3 Å². The number of para-hydroxylation sites is 1. The number of likely N-dealkylation sites (tertiary alicyclic amines) is 1. The number of benzene rings is 1. The van der Waals surface area contributed by atoms with Gasteiger partial charge in [-0.1, -0.05) is 52.3 Å². The molecule has 1 fully saturated rings. The molecular formula is C23H37ClN2O3. The van der Waals surface area contributed by atoms with Gasteiger partial charge in [-0.25, -0.2) is 0 Å². The molecule has 0 saturated carbocycles. The van der Waals surface area contributed by atoms with Gasteiger partial charge >= 0.3 is 5.97 Å². The van der Waals surface area contributed by atoms with Crippen LogP contribution in [-0.2, 0) is 9.59 Å². The number of nitrogens with one attached hydrogen (secondary N) is 1. The van der Waals surface area contributed by atoms with Crippen LogP contribution in [0.3, 0.4) is 0 Å². The molecule has 1 aliphatic rings. The molecule has 6 heteroatoms. The van der Waals surface area contributed by atoms with Crippen LogP contribution < -0.4 is 10.1 Å². The lowest BCUT2D eigenvalue weighted by Gasteiger charge is -2.26. The van der Waals surface area contributed by atoms with Crippen molar-refractivity contribution in [1.29, 1.82) is 0 Å². The summed E-state index contributed by atoms with van der Waals surface area (Å²) in [6.07, 6.45) is 4.06. The Kier molecular flexibility index (Phi) is 11.3. The molecule has 1 aromatic rings. The summed E-state index contributed by atoms with van der Waals surface area (Å²) >= 11 is 0. The minimum absolute atomic E-state index is 0. The van der Waals surface area contributed by atoms with Crippen LogP contribution in [0, 0.1) is 0 Å². The van der Waals surface area contributed by atoms with Gasteiger partial charge in [0.15, 0.2) is 0 Å². The summed E-state index contributed by atoms with van der Waals surface area (Å²) in [4.78, 5) is 26.8. The Morgan fingerprint density at radius 1 is 1.00 bits per heavy atom. The van der Waals surface area contributed by atoms with Gasteiger partial charge in [0.05, 0.1) is 6.42 Å². The van der Waals surface area contributed by atoms with Crippen LogP contribution in [0.25, 0.3) is 0 Å². The van der Waals surface area contributed by atoms with Gasteiger partial charge in [-0.15, -0.1) is 12.4 Å². The van der Waals surface area contributed by atoms with Gasteiger partial charge in [0, 0.05) is 19.5 Å². The molecule has 1 aliphatic heterocycles. The van der Waals surface area contributed by atoms with E-state index in [0.29, 0.717) is 12.3 Å². The standard InChI is InChI=1S/C23H36N2O3.ClH/c1-17(2)19-9-8-10-20(18(3)4)23(19)28-22(27)12-11-21(26)24-13-16-25-14-6-5-7-15-25;/h8-10,17-18H,5-7,11-16H2,1-4H3,(H,24,26);1H. The number of ether oxygens (including phenoxy) is 1. The highest BCUT2D eigenvalue weighted by Crippen LogP contribution is 2.34. The molecule has 164 valence electrons. The summed E-state index contributed by atoms with van der Waals surface area (Å²) < 4.78 is 5.72. The number of hydrogen-bond donors (Lipinski definition) is 1. The highest BCUT2D eigenvalue weighted by Gasteiger charge is 2.18. The topological polar surface area (TPSA) is 58.6 Å². The van der Waals surface area contributed by atoms with Crippen LogP contribution in [0.15, 0.2) is 18.2 Å². The second kappa shape index (κ2) is 12.9. The minimum Gasteiger partial charge on any atom is -0.426 e. The SMILES string of the molecule is CC(C)c1cccc(C(C)C)c1OC(=O)CCC(=O)NCCN1CCCCC1.Cl. The molecule has 1 N–H and O–H groups in total. The molecule has 0 aromatic heterocycles. The number of carbonyl (C=O) groups is 2. The molecule has 0 atom stereocenters. The third-order valence-corrected chi connectivity index (χ3v) is 5.29. The molecule has 0 spiro atoms. The smallest absolute Gasteiger partial charge is 0.311 e. The van der Waals surface area contributed by atoms with E-state index < -0.39 is 0 Å². The van der Waals surface area contributed by atoms with Crippen molar-refractivity contribution < 1.29 is 14.3 Å². The van der Waals surface area contributed by atoms with Gasteiger partial charge in [-0.2, -0.15) is 0 Å². The lowest BCUT2D eigenvalue weighted by atomic mass is 9.94. The van der Waals surface area contributed by atoms with E-state index in [0.717, 1.165) is 30.8 Å². The predicted octanol–water partition coefficient (Wildman–Crippen LogP) is 4.64. The van der Waals surface area contributed by atoms with E-state index in [1.807, 2.05) is 18.2 Å². The molecule has 0 radical (unpaired) electrons. The lowest BCUT2D eigenvalue weighted by molar-refractivity contribution is -0.136. The Morgan fingerprint density at radius 3 is 2.14 bits per heavy atom. The maximum Gasteiger partial charge on any atom is 0.311 e. The first-order valence-corrected chi connectivity index (χ1v) is 10.7. The van der Waals surface area contributed by atoms with Crippen molar-refractivity contribution in [2.75, 3.05) is 26.2 Å². The summed E-state index contributed by atoms with van der Waals surface area (Å²) in [5.74, 6) is 0.763. The Morgan fingerprint density at radius 2 is 1.59 bits per heavy atom. The fourth-order valence-corrected chi connectivity index (χ4v) is 3.61. The summed E-state index contributed by atoms with van der Waals surface area (Å²) in [6.45, 7) is 12.1. The number of hydrogen-bond acceptors (Lipinski definition) is 4. The normalized spacial score (nSPS) is 14.6. The Hall–Kier alpha value is -1.59. The van der Waals surface area contributed by atoms with Crippen LogP contribution in [0.4, 0.5) is 0 Å². The van der Waals surface area contributed by atoms with Gasteiger partial charge in [-0.05, 0) is 48.9 Å². The van der Waals surface area contributed by atoms with Gasteiger partial charge in [0.1, 0.15) is 5.75 Å². The number of esters is 1. The van der Waals surface area contributed by atoms with Crippen molar-refractivity contribution in [2.45, 2.75) is 71.6 Å². The number of amides is 1. The van der Waals surface area contributed by atoms with Crippen LogP contribution in [0.5, 0.6) is 5.75 Å². The van der Waals surface area contributed by atoms with E-state index >= 15 is 0 Å². The molecule has 0 unspecified atom stereocenters. The van der Waals surface area contributed by atoms with Gasteiger partial charge < -0.3 is 15.0 Å². The number of rotatable bonds is 9. The molecule has 1 heterocycles. The molecule has 1 saturated heterocycles. The second-order valence-corrected chi connectivity index (χ2v) is 8.30. The summed E-state index contributed by atoms with van der Waals surface area (Å²) in [5.41, 5.74) is 2.07. The van der Waals surface area contributed by atoms with E-state index in [2.05, 4.69) is 37.9 Å². The largest absolute Gasteiger partial charge is 0.426 e. The monoisotopic (exact) mass is 424 g/mol. The van der Waals surface area contributed by atoms with Crippen LogP contribution in [0.1, 0.15) is 82.8 Å². The third-order valence-electron chi connectivity index (χ3n) is 5.29. The predicted molar refractivity (Wildman–Crippen MR) is 120 cm³/mol. The third kappa shape index (κ3) is 8.35. The molecule has 5 nitrogen and oxygen atoms in total.